The van der Waals surface area contributed by atoms with Gasteiger partial charge in [0.25, 0.3) is 0 Å². The van der Waals surface area contributed by atoms with Gasteiger partial charge in [-0.1, -0.05) is 47.4 Å². The Morgan fingerprint density at radius 2 is 1.92 bits per heavy atom. The van der Waals surface area contributed by atoms with E-state index in [0.717, 1.165) is 0 Å². The smallest absolute Gasteiger partial charge is 0.234 e. The molecular formula is C27H20FN7O2S2. The van der Waals surface area contributed by atoms with E-state index in [1.807, 2.05) is 6.07 Å². The van der Waals surface area contributed by atoms with Gasteiger partial charge in [0.2, 0.25) is 11.0 Å². The molecule has 194 valence electrons. The molecule has 2 heterocycles. The molecule has 0 bridgehead atoms. The van der Waals surface area contributed by atoms with E-state index in [1.54, 1.807) is 41.3 Å². The van der Waals surface area contributed by atoms with Gasteiger partial charge in [-0.25, -0.2) is 4.39 Å². The zero-order chi connectivity index (χ0) is 27.5. The van der Waals surface area contributed by atoms with Crippen molar-refractivity contribution < 1.29 is 14.0 Å². The van der Waals surface area contributed by atoms with Gasteiger partial charge in [-0.05, 0) is 42.7 Å². The molecule has 1 aliphatic heterocycles. The summed E-state index contributed by atoms with van der Waals surface area (Å²) < 4.78 is 14.1. The summed E-state index contributed by atoms with van der Waals surface area (Å²) in [4.78, 5) is 27.3. The third-order valence-corrected chi connectivity index (χ3v) is 8.39. The molecule has 0 saturated carbocycles. The molecule has 3 N–H and O–H groups in total. The second-order valence-electron chi connectivity index (χ2n) is 8.71. The molecule has 1 amide bonds. The second-order valence-corrected chi connectivity index (χ2v) is 10.9. The molecule has 3 aromatic rings. The Hall–Kier alpha value is -4.52. The van der Waals surface area contributed by atoms with Gasteiger partial charge in [0, 0.05) is 17.7 Å². The average molecular weight is 558 g/mol. The first kappa shape index (κ1) is 26.1. The number of nitrogens with two attached hydrogens (primary N) is 1. The Balaban J connectivity index is 1.41. The molecule has 0 radical (unpaired) electrons. The van der Waals surface area contributed by atoms with E-state index in [4.69, 9.17) is 5.73 Å². The van der Waals surface area contributed by atoms with E-state index in [9.17, 15) is 24.5 Å². The summed E-state index contributed by atoms with van der Waals surface area (Å²) in [5.41, 5.74) is 9.20. The van der Waals surface area contributed by atoms with E-state index in [-0.39, 0.29) is 28.8 Å². The first-order valence-electron chi connectivity index (χ1n) is 11.9. The van der Waals surface area contributed by atoms with Crippen LogP contribution in [0.1, 0.15) is 36.3 Å². The predicted molar refractivity (Wildman–Crippen MR) is 145 cm³/mol. The van der Waals surface area contributed by atoms with E-state index in [1.165, 1.54) is 35.2 Å². The lowest BCUT2D eigenvalue weighted by atomic mass is 9.76. The number of carbonyl (C=O) groups excluding carboxylic acids is 2. The number of nitrogens with zero attached hydrogens (tertiary/aromatic N) is 5. The van der Waals surface area contributed by atoms with Crippen molar-refractivity contribution in [1.82, 2.24) is 10.2 Å². The quantitative estimate of drug-likeness (QED) is 0.415. The topological polar surface area (TPSA) is 149 Å². The van der Waals surface area contributed by atoms with Crippen molar-refractivity contribution in [3.05, 3.63) is 88.1 Å². The van der Waals surface area contributed by atoms with Crippen molar-refractivity contribution in [3.63, 3.8) is 0 Å². The van der Waals surface area contributed by atoms with Crippen LogP contribution in [0.3, 0.4) is 0 Å². The standard InChI is InChI=1S/C27H20FN7O2S2/c28-17-10-8-15(9-11-17)23-18(13-30)25(31)35(20-6-3-7-21(36)24(20)23)26-33-34-27(39-26)38-14-22(37)32-19-5-2-1-4-16(19)12-29/h1-2,4-5,8-11,23H,3,6-7,14,31H2,(H,32,37). The van der Waals surface area contributed by atoms with Crippen molar-refractivity contribution in [3.8, 4) is 12.1 Å². The van der Waals surface area contributed by atoms with Crippen LogP contribution in [-0.2, 0) is 9.59 Å². The molecule has 2 aromatic carbocycles. The maximum Gasteiger partial charge on any atom is 0.234 e. The first-order chi connectivity index (χ1) is 18.9. The number of aromatic nitrogens is 2. The Morgan fingerprint density at radius 1 is 1.15 bits per heavy atom. The molecule has 12 heteroatoms. The van der Waals surface area contributed by atoms with Crippen LogP contribution in [0.4, 0.5) is 15.2 Å². The SMILES string of the molecule is N#CC1=C(N)N(c2nnc(SCC(=O)Nc3ccccc3C#N)s2)C2=C(C(=O)CCC2)C1c1ccc(F)cc1. The third kappa shape index (κ3) is 5.12. The van der Waals surface area contributed by atoms with Gasteiger partial charge >= 0.3 is 0 Å². The normalized spacial score (nSPS) is 16.9. The number of benzene rings is 2. The van der Waals surface area contributed by atoms with Crippen LogP contribution in [0.5, 0.6) is 0 Å². The van der Waals surface area contributed by atoms with Crippen molar-refractivity contribution in [2.24, 2.45) is 5.73 Å². The van der Waals surface area contributed by atoms with Crippen LogP contribution in [0.2, 0.25) is 0 Å². The molecule has 1 aliphatic carbocycles. The molecule has 1 unspecified atom stereocenters. The summed E-state index contributed by atoms with van der Waals surface area (Å²) in [6.45, 7) is 0. The molecule has 39 heavy (non-hydrogen) atoms. The molecular weight excluding hydrogens is 537 g/mol. The fraction of sp³-hybridized carbons (Fsp3) is 0.185. The Bertz CT molecular complexity index is 1620. The number of hydrogen-bond acceptors (Lipinski definition) is 10. The summed E-state index contributed by atoms with van der Waals surface area (Å²) >= 11 is 2.35. The fourth-order valence-corrected chi connectivity index (χ4v) is 6.33. The molecule has 1 atom stereocenters. The summed E-state index contributed by atoms with van der Waals surface area (Å²) in [5.74, 6) is -1.35. The lowest BCUT2D eigenvalue weighted by Crippen LogP contribution is -2.38. The van der Waals surface area contributed by atoms with E-state index in [0.29, 0.717) is 56.8 Å². The molecule has 0 spiro atoms. The number of Topliss-reactive ketones (excluding diaryl/α,β-unsaturated/α-hetero) is 1. The zero-order valence-corrected chi connectivity index (χ0v) is 22.0. The summed E-state index contributed by atoms with van der Waals surface area (Å²) in [5, 5.41) is 30.8. The minimum atomic E-state index is -0.698. The van der Waals surface area contributed by atoms with Crippen LogP contribution in [0.15, 0.2) is 75.5 Å². The number of anilines is 2. The monoisotopic (exact) mass is 557 g/mol. The summed E-state index contributed by atoms with van der Waals surface area (Å²) in [6, 6.07) is 16.6. The minimum Gasteiger partial charge on any atom is -0.384 e. The summed E-state index contributed by atoms with van der Waals surface area (Å²) in [6.07, 6.45) is 1.50. The number of allylic oxidation sites excluding steroid dienone is 3. The van der Waals surface area contributed by atoms with Gasteiger partial charge in [0.15, 0.2) is 10.1 Å². The van der Waals surface area contributed by atoms with Gasteiger partial charge in [-0.15, -0.1) is 10.2 Å². The van der Waals surface area contributed by atoms with Gasteiger partial charge in [-0.3, -0.25) is 14.5 Å². The third-order valence-electron chi connectivity index (χ3n) is 6.35. The predicted octanol–water partition coefficient (Wildman–Crippen LogP) is 4.58. The zero-order valence-electron chi connectivity index (χ0n) is 20.3. The maximum atomic E-state index is 13.6. The average Bonchev–Trinajstić information content (AvgIpc) is 3.40. The van der Waals surface area contributed by atoms with Crippen LogP contribution >= 0.6 is 23.1 Å². The maximum absolute atomic E-state index is 13.6. The fourth-order valence-electron chi connectivity index (χ4n) is 4.65. The van der Waals surface area contributed by atoms with Gasteiger partial charge in [-0.2, -0.15) is 10.5 Å². The number of nitrogens with one attached hydrogen (secondary N) is 1. The highest BCUT2D eigenvalue weighted by Gasteiger charge is 2.41. The number of ketones is 1. The Kier molecular flexibility index (Phi) is 7.41. The van der Waals surface area contributed by atoms with Crippen LogP contribution in [-0.4, -0.2) is 27.6 Å². The lowest BCUT2D eigenvalue weighted by molar-refractivity contribution is -0.116. The number of thioether (sulfide) groups is 1. The lowest BCUT2D eigenvalue weighted by Gasteiger charge is -2.38. The number of rotatable bonds is 6. The van der Waals surface area contributed by atoms with E-state index in [2.05, 4.69) is 21.6 Å². The van der Waals surface area contributed by atoms with E-state index >= 15 is 0 Å². The van der Waals surface area contributed by atoms with E-state index < -0.39 is 11.7 Å². The molecule has 9 nitrogen and oxygen atoms in total. The number of halogens is 1. The highest BCUT2D eigenvalue weighted by Crippen LogP contribution is 2.47. The minimum absolute atomic E-state index is 0.0300. The van der Waals surface area contributed by atoms with Gasteiger partial charge in [0.05, 0.1) is 34.6 Å². The van der Waals surface area contributed by atoms with Gasteiger partial charge in [0.1, 0.15) is 17.7 Å². The Morgan fingerprint density at radius 3 is 2.67 bits per heavy atom. The van der Waals surface area contributed by atoms with Crippen LogP contribution < -0.4 is 16.0 Å². The highest BCUT2D eigenvalue weighted by atomic mass is 32.2. The van der Waals surface area contributed by atoms with Crippen molar-refractivity contribution in [2.45, 2.75) is 29.5 Å². The van der Waals surface area contributed by atoms with Crippen molar-refractivity contribution in [1.29, 1.82) is 10.5 Å². The van der Waals surface area contributed by atoms with Gasteiger partial charge < -0.3 is 11.1 Å². The molecule has 0 fully saturated rings. The number of amides is 1. The second kappa shape index (κ2) is 11.1. The van der Waals surface area contributed by atoms with Crippen molar-refractivity contribution >= 4 is 45.6 Å². The van der Waals surface area contributed by atoms with Crippen LogP contribution in [0.25, 0.3) is 0 Å². The number of carbonyl (C=O) groups is 2. The van der Waals surface area contributed by atoms with Crippen molar-refractivity contribution in [2.75, 3.05) is 16.0 Å². The number of hydrogen-bond donors (Lipinski definition) is 2. The molecule has 5 rings (SSSR count). The molecule has 0 saturated heterocycles. The largest absolute Gasteiger partial charge is 0.384 e. The highest BCUT2D eigenvalue weighted by molar-refractivity contribution is 8.01. The summed E-state index contributed by atoms with van der Waals surface area (Å²) in [7, 11) is 0. The number of nitriles is 2. The molecule has 1 aromatic heterocycles. The number of para-hydroxylation sites is 1. The molecule has 2 aliphatic rings. The van der Waals surface area contributed by atoms with Crippen LogP contribution in [0, 0.1) is 28.5 Å². The Labute approximate surface area is 231 Å². The first-order valence-corrected chi connectivity index (χ1v) is 13.7.